The van der Waals surface area contributed by atoms with Crippen molar-refractivity contribution in [3.8, 4) is 0 Å². The second kappa shape index (κ2) is 18.3. The average molecular weight is 581 g/mol. The molecule has 4 rings (SSSR count). The van der Waals surface area contributed by atoms with Crippen molar-refractivity contribution in [2.75, 3.05) is 46.1 Å². The molecule has 38 heavy (non-hydrogen) atoms. The van der Waals surface area contributed by atoms with Gasteiger partial charge in [0, 0.05) is 44.2 Å². The lowest BCUT2D eigenvalue weighted by molar-refractivity contribution is -0.124. The largest absolute Gasteiger partial charge is 0.359 e. The lowest BCUT2D eigenvalue weighted by atomic mass is 10.1. The van der Waals surface area contributed by atoms with Crippen LogP contribution in [-0.4, -0.2) is 73.3 Å². The lowest BCUT2D eigenvalue weighted by Gasteiger charge is -2.27. The average Bonchev–Trinajstić information content (AvgIpc) is 3.25. The van der Waals surface area contributed by atoms with E-state index in [-0.39, 0.29) is 42.5 Å². The zero-order valence-corrected chi connectivity index (χ0v) is 24.0. The van der Waals surface area contributed by atoms with Gasteiger partial charge in [-0.05, 0) is 25.2 Å². The van der Waals surface area contributed by atoms with Crippen LogP contribution in [-0.2, 0) is 24.3 Å². The maximum absolute atomic E-state index is 13.3. The molecule has 2 aliphatic rings. The number of rotatable bonds is 2. The molecule has 0 radical (unpaired) electrons. The molecule has 14 heteroatoms. The van der Waals surface area contributed by atoms with Crippen molar-refractivity contribution < 1.29 is 23.2 Å². The summed E-state index contributed by atoms with van der Waals surface area (Å²) in [6.07, 6.45) is 1.95. The predicted octanol–water partition coefficient (Wildman–Crippen LogP) is 3.41. The molecule has 0 fully saturated rings. The molecule has 5 N–H and O–H groups in total. The van der Waals surface area contributed by atoms with Gasteiger partial charge >= 0.3 is 6.03 Å². The number of alkyl halides is 2. The molecule has 1 unspecified atom stereocenters. The number of urea groups is 1. The van der Waals surface area contributed by atoms with Crippen molar-refractivity contribution in [1.29, 1.82) is 0 Å². The summed E-state index contributed by atoms with van der Waals surface area (Å²) >= 11 is 10.4. The van der Waals surface area contributed by atoms with Crippen LogP contribution in [0.5, 0.6) is 0 Å². The Hall–Kier alpha value is -2.96. The van der Waals surface area contributed by atoms with E-state index >= 15 is 0 Å². The first kappa shape index (κ1) is 35.0. The Kier molecular flexibility index (Phi) is 16.9. The van der Waals surface area contributed by atoms with Gasteiger partial charge in [-0.15, -0.1) is 11.6 Å². The summed E-state index contributed by atoms with van der Waals surface area (Å²) in [5.41, 5.74) is 6.66. The first-order valence-corrected chi connectivity index (χ1v) is 12.9. The minimum absolute atomic E-state index is 0.0852. The molecule has 2 aromatic rings. The Bertz CT molecular complexity index is 1050. The van der Waals surface area contributed by atoms with Crippen LogP contribution < -0.4 is 21.7 Å². The minimum atomic E-state index is -0.569. The van der Waals surface area contributed by atoms with Gasteiger partial charge in [0.05, 0.1) is 36.9 Å². The monoisotopic (exact) mass is 579 g/mol. The molecular weight excluding hydrogens is 543 g/mol. The smallest absolute Gasteiger partial charge is 0.322 e. The van der Waals surface area contributed by atoms with Gasteiger partial charge in [-0.3, -0.25) is 18.7 Å². The second-order valence-corrected chi connectivity index (χ2v) is 7.61. The van der Waals surface area contributed by atoms with Crippen molar-refractivity contribution in [1.82, 2.24) is 25.3 Å². The summed E-state index contributed by atoms with van der Waals surface area (Å²) in [5.74, 6) is -1.48. The van der Waals surface area contributed by atoms with E-state index in [9.17, 15) is 23.2 Å². The standard InChI is InChI=1S/C19H20ClFN6O3.C2H6.CH3Cl.CH3F.CH5N/c1-22-17(28)10-7-23-18(29)16-12-9-26(5-4-15(12)25-27(16)8-10)19(30)24-11-2-3-14(21)13(20)6-11;4*1-2/h2-3,6,10H,4-5,7-9H2,1H3,(H,22,28)(H,23,29)(H,24,30);1-2H3;2*1H3;2H2,1H3. The summed E-state index contributed by atoms with van der Waals surface area (Å²) in [4.78, 5) is 38.9. The summed E-state index contributed by atoms with van der Waals surface area (Å²) in [5, 5.41) is 12.5. The highest BCUT2D eigenvalue weighted by molar-refractivity contribution is 6.31. The van der Waals surface area contributed by atoms with E-state index in [0.717, 1.165) is 5.69 Å². The van der Waals surface area contributed by atoms with Gasteiger partial charge < -0.3 is 26.6 Å². The van der Waals surface area contributed by atoms with E-state index < -0.39 is 11.7 Å². The van der Waals surface area contributed by atoms with Crippen molar-refractivity contribution >= 4 is 46.7 Å². The molecule has 0 spiro atoms. The number of hydrogen-bond donors (Lipinski definition) is 4. The number of benzene rings is 1. The topological polar surface area (TPSA) is 134 Å². The van der Waals surface area contributed by atoms with Gasteiger partial charge in [0.2, 0.25) is 5.91 Å². The molecule has 0 bridgehead atoms. The predicted molar refractivity (Wildman–Crippen MR) is 147 cm³/mol. The zero-order valence-electron chi connectivity index (χ0n) is 22.5. The van der Waals surface area contributed by atoms with Gasteiger partial charge in [-0.1, -0.05) is 25.4 Å². The van der Waals surface area contributed by atoms with Crippen molar-refractivity contribution in [2.45, 2.75) is 33.4 Å². The van der Waals surface area contributed by atoms with E-state index in [4.69, 9.17) is 11.6 Å². The maximum Gasteiger partial charge on any atom is 0.322 e. The van der Waals surface area contributed by atoms with Crippen LogP contribution in [0.3, 0.4) is 0 Å². The Morgan fingerprint density at radius 3 is 2.42 bits per heavy atom. The van der Waals surface area contributed by atoms with Crippen LogP contribution >= 0.6 is 23.2 Å². The maximum atomic E-state index is 13.3. The number of fused-ring (bicyclic) bond motifs is 3. The molecule has 1 aromatic carbocycles. The van der Waals surface area contributed by atoms with Crippen LogP contribution in [0.4, 0.5) is 19.3 Å². The molecule has 2 aliphatic heterocycles. The Balaban J connectivity index is 0.00000157. The third kappa shape index (κ3) is 8.81. The number of carbonyl (C=O) groups excluding carboxylic acids is 3. The fraction of sp³-hybridized carbons (Fsp3) is 0.500. The SMILES string of the molecule is CC.CCl.CF.CN.CNC(=O)C1CNC(=O)c2c3c(nn2C1)CCN(C(=O)Nc1ccc(F)c(Cl)c1)C3. The van der Waals surface area contributed by atoms with Crippen molar-refractivity contribution in [3.05, 3.63) is 46.0 Å². The third-order valence-electron chi connectivity index (χ3n) is 5.29. The highest BCUT2D eigenvalue weighted by Gasteiger charge is 2.34. The molecule has 0 saturated heterocycles. The molecule has 10 nitrogen and oxygen atoms in total. The molecule has 0 aliphatic carbocycles. The molecule has 1 aromatic heterocycles. The highest BCUT2D eigenvalue weighted by Crippen LogP contribution is 2.26. The number of aromatic nitrogens is 2. The fourth-order valence-corrected chi connectivity index (χ4v) is 3.90. The summed E-state index contributed by atoms with van der Waals surface area (Å²) in [6, 6.07) is 3.55. The fourth-order valence-electron chi connectivity index (χ4n) is 3.72. The molecular formula is C24H37Cl2F2N7O3. The molecule has 214 valence electrons. The van der Waals surface area contributed by atoms with E-state index in [1.807, 2.05) is 13.8 Å². The van der Waals surface area contributed by atoms with Crippen molar-refractivity contribution in [2.24, 2.45) is 11.7 Å². The van der Waals surface area contributed by atoms with Gasteiger partial charge in [-0.2, -0.15) is 5.10 Å². The molecule has 1 atom stereocenters. The zero-order chi connectivity index (χ0) is 29.4. The first-order valence-electron chi connectivity index (χ1n) is 11.8. The Morgan fingerprint density at radius 2 is 1.84 bits per heavy atom. The number of nitrogens with zero attached hydrogens (tertiary/aromatic N) is 3. The number of amides is 4. The number of hydrogen-bond acceptors (Lipinski definition) is 5. The van der Waals surface area contributed by atoms with Gasteiger partial charge in [0.25, 0.3) is 5.91 Å². The first-order chi connectivity index (χ1) is 18.4. The molecule has 0 saturated carbocycles. The summed E-state index contributed by atoms with van der Waals surface area (Å²) in [6.45, 7) is 5.10. The third-order valence-corrected chi connectivity index (χ3v) is 5.58. The van der Waals surface area contributed by atoms with Gasteiger partial charge in [-0.25, -0.2) is 9.18 Å². The lowest BCUT2D eigenvalue weighted by Crippen LogP contribution is -2.40. The Labute approximate surface area is 232 Å². The highest BCUT2D eigenvalue weighted by atomic mass is 35.5. The van der Waals surface area contributed by atoms with E-state index in [1.54, 1.807) is 16.6 Å². The van der Waals surface area contributed by atoms with Crippen LogP contribution in [0, 0.1) is 11.7 Å². The summed E-state index contributed by atoms with van der Waals surface area (Å²) in [7, 11) is 3.55. The van der Waals surface area contributed by atoms with Crippen LogP contribution in [0.1, 0.15) is 35.6 Å². The number of nitrogens with one attached hydrogen (secondary N) is 3. The van der Waals surface area contributed by atoms with Crippen LogP contribution in [0.25, 0.3) is 0 Å². The van der Waals surface area contributed by atoms with E-state index in [2.05, 4.69) is 38.4 Å². The van der Waals surface area contributed by atoms with E-state index in [1.165, 1.54) is 31.6 Å². The minimum Gasteiger partial charge on any atom is -0.359 e. The van der Waals surface area contributed by atoms with Gasteiger partial charge in [0.1, 0.15) is 11.5 Å². The molecule has 4 amide bonds. The number of anilines is 1. The Morgan fingerprint density at radius 1 is 1.21 bits per heavy atom. The number of halogens is 4. The van der Waals surface area contributed by atoms with E-state index in [0.29, 0.717) is 37.1 Å². The number of nitrogens with two attached hydrogens (primary N) is 1. The normalized spacial score (nSPS) is 14.9. The van der Waals surface area contributed by atoms with Crippen molar-refractivity contribution in [3.63, 3.8) is 0 Å². The quantitative estimate of drug-likeness (QED) is 0.404. The van der Waals surface area contributed by atoms with Crippen LogP contribution in [0.15, 0.2) is 18.2 Å². The van der Waals surface area contributed by atoms with Crippen LogP contribution in [0.2, 0.25) is 5.02 Å². The number of carbonyl (C=O) groups is 3. The summed E-state index contributed by atoms with van der Waals surface area (Å²) < 4.78 is 24.4. The molecule has 3 heterocycles. The second-order valence-electron chi connectivity index (χ2n) is 7.21. The van der Waals surface area contributed by atoms with Gasteiger partial charge in [0.15, 0.2) is 0 Å².